The lowest BCUT2D eigenvalue weighted by Crippen LogP contribution is -2.26. The predicted molar refractivity (Wildman–Crippen MR) is 73.5 cm³/mol. The smallest absolute Gasteiger partial charge is 0.223 e. The third-order valence-electron chi connectivity index (χ3n) is 2.32. The summed E-state index contributed by atoms with van der Waals surface area (Å²) in [4.78, 5) is 7.68. The van der Waals surface area contributed by atoms with E-state index in [1.54, 1.807) is 18.5 Å². The molecule has 0 unspecified atom stereocenters. The largest absolute Gasteiger partial charge is 0.370 e. The second-order valence-electron chi connectivity index (χ2n) is 3.82. The molecule has 1 aromatic carbocycles. The van der Waals surface area contributed by atoms with Crippen LogP contribution in [0.5, 0.6) is 0 Å². The summed E-state index contributed by atoms with van der Waals surface area (Å²) in [6, 6.07) is 7.31. The lowest BCUT2D eigenvalue weighted by molar-refractivity contribution is 0.920. The van der Waals surface area contributed by atoms with E-state index in [9.17, 15) is 0 Å². The third-order valence-corrected chi connectivity index (χ3v) is 2.32. The maximum absolute atomic E-state index is 5.54. The number of guanidine groups is 2. The van der Waals surface area contributed by atoms with Crippen LogP contribution in [0.25, 0.3) is 11.4 Å². The van der Waals surface area contributed by atoms with Crippen LogP contribution in [0.4, 0.5) is 5.69 Å². The lowest BCUT2D eigenvalue weighted by atomic mass is 10.2. The first-order chi connectivity index (χ1) is 9.06. The molecule has 1 heterocycles. The molecule has 0 radical (unpaired) electrons. The van der Waals surface area contributed by atoms with E-state index >= 15 is 0 Å². The van der Waals surface area contributed by atoms with Crippen molar-refractivity contribution in [1.29, 1.82) is 0 Å². The van der Waals surface area contributed by atoms with Crippen LogP contribution in [-0.4, -0.2) is 26.7 Å². The average molecular weight is 258 g/mol. The van der Waals surface area contributed by atoms with Crippen molar-refractivity contribution in [2.75, 3.05) is 0 Å². The van der Waals surface area contributed by atoms with Crippen LogP contribution >= 0.6 is 0 Å². The molecule has 2 rings (SSSR count). The Balaban J connectivity index is 2.25. The van der Waals surface area contributed by atoms with E-state index in [2.05, 4.69) is 20.2 Å². The maximum Gasteiger partial charge on any atom is 0.223 e. The summed E-state index contributed by atoms with van der Waals surface area (Å²) in [5.41, 5.74) is 17.5. The second-order valence-corrected chi connectivity index (χ2v) is 3.82. The van der Waals surface area contributed by atoms with Gasteiger partial charge in [0.15, 0.2) is 11.8 Å². The molecule has 0 spiro atoms. The van der Waals surface area contributed by atoms with Crippen molar-refractivity contribution in [1.82, 2.24) is 14.8 Å². The first kappa shape index (κ1) is 12.6. The fourth-order valence-electron chi connectivity index (χ4n) is 1.52. The number of nitrogens with two attached hydrogens (primary N) is 3. The van der Waals surface area contributed by atoms with Gasteiger partial charge in [-0.15, -0.1) is 10.2 Å². The molecule has 8 nitrogen and oxygen atoms in total. The van der Waals surface area contributed by atoms with Crippen LogP contribution in [0.3, 0.4) is 0 Å². The number of aliphatic imine (C=N–C) groups is 2. The minimum Gasteiger partial charge on any atom is -0.370 e. The first-order valence-corrected chi connectivity index (χ1v) is 5.44. The fraction of sp³-hybridized carbons (Fsp3) is 0.0909. The molecule has 0 atom stereocenters. The highest BCUT2D eigenvalue weighted by molar-refractivity contribution is 5.93. The molecule has 0 fully saturated rings. The van der Waals surface area contributed by atoms with Crippen LogP contribution < -0.4 is 17.2 Å². The van der Waals surface area contributed by atoms with Crippen LogP contribution in [0.1, 0.15) is 0 Å². The molecule has 8 heteroatoms. The number of rotatable bonds is 2. The van der Waals surface area contributed by atoms with Crippen LogP contribution in [0.2, 0.25) is 0 Å². The molecule has 0 amide bonds. The zero-order valence-electron chi connectivity index (χ0n) is 10.4. The molecule has 0 aliphatic heterocycles. The van der Waals surface area contributed by atoms with Crippen molar-refractivity contribution < 1.29 is 0 Å². The van der Waals surface area contributed by atoms with E-state index in [0.717, 1.165) is 11.4 Å². The number of benzene rings is 1. The van der Waals surface area contributed by atoms with Gasteiger partial charge in [0.05, 0.1) is 5.69 Å². The monoisotopic (exact) mass is 258 g/mol. The van der Waals surface area contributed by atoms with Crippen LogP contribution in [0, 0.1) is 0 Å². The Morgan fingerprint density at radius 3 is 2.37 bits per heavy atom. The molecule has 0 aliphatic rings. The lowest BCUT2D eigenvalue weighted by Gasteiger charge is -2.01. The highest BCUT2D eigenvalue weighted by Gasteiger charge is 2.03. The summed E-state index contributed by atoms with van der Waals surface area (Å²) in [5, 5.41) is 7.83. The molecule has 98 valence electrons. The summed E-state index contributed by atoms with van der Waals surface area (Å²) in [7, 11) is 1.87. The molecule has 1 aromatic heterocycles. The summed E-state index contributed by atoms with van der Waals surface area (Å²) >= 11 is 0. The van der Waals surface area contributed by atoms with Gasteiger partial charge in [0, 0.05) is 12.6 Å². The van der Waals surface area contributed by atoms with E-state index in [0.29, 0.717) is 5.69 Å². The Kier molecular flexibility index (Phi) is 3.42. The van der Waals surface area contributed by atoms with Gasteiger partial charge >= 0.3 is 0 Å². The molecule has 2 aromatic rings. The normalized spacial score (nSPS) is 11.3. The van der Waals surface area contributed by atoms with Gasteiger partial charge in [-0.3, -0.25) is 0 Å². The Bertz CT molecular complexity index is 618. The predicted octanol–water partition coefficient (Wildman–Crippen LogP) is -0.298. The first-order valence-electron chi connectivity index (χ1n) is 5.44. The van der Waals surface area contributed by atoms with Gasteiger partial charge in [0.1, 0.15) is 6.33 Å². The number of nitrogens with zero attached hydrogens (tertiary/aromatic N) is 5. The summed E-state index contributed by atoms with van der Waals surface area (Å²) in [6.45, 7) is 0. The van der Waals surface area contributed by atoms with Crippen molar-refractivity contribution in [3.05, 3.63) is 30.6 Å². The van der Waals surface area contributed by atoms with E-state index in [1.807, 2.05) is 23.7 Å². The third kappa shape index (κ3) is 3.06. The van der Waals surface area contributed by atoms with Crippen molar-refractivity contribution >= 4 is 17.6 Å². The van der Waals surface area contributed by atoms with E-state index in [-0.39, 0.29) is 11.9 Å². The fourth-order valence-corrected chi connectivity index (χ4v) is 1.52. The Labute approximate surface area is 109 Å². The standard InChI is InChI=1S/C11H14N8/c1-19-6-15-18-9(19)7-2-4-8(5-3-7)16-11(14)17-10(12)13/h2-6H,1H3,(H6,12,13,14,16,17). The van der Waals surface area contributed by atoms with Gasteiger partial charge in [-0.05, 0) is 24.3 Å². The minimum atomic E-state index is -0.128. The van der Waals surface area contributed by atoms with Crippen LogP contribution in [0.15, 0.2) is 40.6 Å². The maximum atomic E-state index is 5.54. The van der Waals surface area contributed by atoms with Gasteiger partial charge in [-0.25, -0.2) is 4.99 Å². The van der Waals surface area contributed by atoms with Gasteiger partial charge in [0.2, 0.25) is 5.96 Å². The zero-order valence-corrected chi connectivity index (χ0v) is 10.4. The molecule has 0 saturated heterocycles. The Morgan fingerprint density at radius 2 is 1.84 bits per heavy atom. The zero-order chi connectivity index (χ0) is 13.8. The molecular formula is C11H14N8. The van der Waals surface area contributed by atoms with E-state index < -0.39 is 0 Å². The van der Waals surface area contributed by atoms with E-state index in [1.165, 1.54) is 0 Å². The van der Waals surface area contributed by atoms with Crippen molar-refractivity contribution in [3.8, 4) is 11.4 Å². The van der Waals surface area contributed by atoms with Gasteiger partial charge in [-0.2, -0.15) is 4.99 Å². The topological polar surface area (TPSA) is 133 Å². The molecule has 0 aliphatic carbocycles. The van der Waals surface area contributed by atoms with E-state index in [4.69, 9.17) is 17.2 Å². The van der Waals surface area contributed by atoms with Gasteiger partial charge in [0.25, 0.3) is 0 Å². The second kappa shape index (κ2) is 5.17. The van der Waals surface area contributed by atoms with Crippen molar-refractivity contribution in [2.45, 2.75) is 0 Å². The SMILES string of the molecule is Cn1cnnc1-c1ccc(N=C(N)N=C(N)N)cc1. The van der Waals surface area contributed by atoms with Crippen LogP contribution in [-0.2, 0) is 7.05 Å². The van der Waals surface area contributed by atoms with Gasteiger partial charge in [-0.1, -0.05) is 0 Å². The molecule has 0 bridgehead atoms. The highest BCUT2D eigenvalue weighted by atomic mass is 15.2. The molecule has 6 N–H and O–H groups in total. The molecule has 19 heavy (non-hydrogen) atoms. The Hall–Kier alpha value is -2.90. The number of aromatic nitrogens is 3. The summed E-state index contributed by atoms with van der Waals surface area (Å²) in [6.07, 6.45) is 1.64. The minimum absolute atomic E-state index is 0.00593. The molecule has 0 saturated carbocycles. The number of hydrogen-bond donors (Lipinski definition) is 3. The van der Waals surface area contributed by atoms with Crippen molar-refractivity contribution in [3.63, 3.8) is 0 Å². The van der Waals surface area contributed by atoms with Crippen molar-refractivity contribution in [2.24, 2.45) is 34.2 Å². The highest BCUT2D eigenvalue weighted by Crippen LogP contribution is 2.20. The average Bonchev–Trinajstić information content (AvgIpc) is 2.75. The quantitative estimate of drug-likeness (QED) is 0.502. The summed E-state index contributed by atoms with van der Waals surface area (Å²) < 4.78 is 1.83. The number of hydrogen-bond acceptors (Lipinski definition) is 3. The van der Waals surface area contributed by atoms with Gasteiger partial charge < -0.3 is 21.8 Å². The Morgan fingerprint density at radius 1 is 1.16 bits per heavy atom. The summed E-state index contributed by atoms with van der Waals surface area (Å²) in [5.74, 6) is 0.649. The number of aryl methyl sites for hydroxylation is 1. The molecular weight excluding hydrogens is 244 g/mol.